The fourth-order valence-corrected chi connectivity index (χ4v) is 5.20. The second-order valence-electron chi connectivity index (χ2n) is 6.69. The molecule has 1 aromatic rings. The molecule has 1 N–H and O–H groups in total. The van der Waals surface area contributed by atoms with Crippen LogP contribution in [-0.2, 0) is 14.8 Å². The minimum absolute atomic E-state index is 0. The first-order valence-electron chi connectivity index (χ1n) is 9.23. The third-order valence-electron chi connectivity index (χ3n) is 4.89. The Bertz CT molecular complexity index is 715. The van der Waals surface area contributed by atoms with Crippen LogP contribution in [0.2, 0.25) is 0 Å². The number of ether oxygens (including phenoxy) is 1. The summed E-state index contributed by atoms with van der Waals surface area (Å²) in [6.45, 7) is 6.23. The fourth-order valence-electron chi connectivity index (χ4n) is 3.46. The largest absolute Gasteiger partial charge is 0.378 e. The minimum atomic E-state index is -3.57. The Morgan fingerprint density at radius 3 is 2.48 bits per heavy atom. The molecule has 0 aliphatic carbocycles. The molecule has 1 aromatic carbocycles. The maximum atomic E-state index is 13.1. The highest BCUT2D eigenvalue weighted by atomic mass is 35.5. The van der Waals surface area contributed by atoms with Gasteiger partial charge in [-0.3, -0.25) is 4.79 Å². The lowest BCUT2D eigenvalue weighted by molar-refractivity contribution is 0.0303. The zero-order valence-electron chi connectivity index (χ0n) is 15.6. The fraction of sp³-hybridized carbons (Fsp3) is 0.611. The van der Waals surface area contributed by atoms with Crippen molar-refractivity contribution in [3.05, 3.63) is 29.8 Å². The standard InChI is InChI=1S/C18H27N3O4S.ClH/c1-2-9-21(16-7-8-19-14-16)26(23,24)17-5-3-15(4-6-17)18(22)20-10-12-25-13-11-20;/h3-6,16,19H,2,7-14H2,1H3;1H. The molecule has 0 radical (unpaired) electrons. The summed E-state index contributed by atoms with van der Waals surface area (Å²) in [5, 5.41) is 3.23. The van der Waals surface area contributed by atoms with Crippen LogP contribution in [0.3, 0.4) is 0 Å². The van der Waals surface area contributed by atoms with Gasteiger partial charge in [0.05, 0.1) is 18.1 Å². The molecular formula is C18H28ClN3O4S. The van der Waals surface area contributed by atoms with Gasteiger partial charge in [0.25, 0.3) is 5.91 Å². The van der Waals surface area contributed by atoms with Gasteiger partial charge in [-0.25, -0.2) is 8.42 Å². The Morgan fingerprint density at radius 1 is 1.26 bits per heavy atom. The molecule has 0 aromatic heterocycles. The number of benzene rings is 1. The first-order valence-corrected chi connectivity index (χ1v) is 10.7. The molecule has 2 aliphatic heterocycles. The van der Waals surface area contributed by atoms with Crippen molar-refractivity contribution in [2.75, 3.05) is 45.9 Å². The van der Waals surface area contributed by atoms with Crippen molar-refractivity contribution in [1.82, 2.24) is 14.5 Å². The monoisotopic (exact) mass is 417 g/mol. The van der Waals surface area contributed by atoms with Crippen molar-refractivity contribution >= 4 is 28.3 Å². The second kappa shape index (κ2) is 9.84. The topological polar surface area (TPSA) is 79.0 Å². The SMILES string of the molecule is CCCN(C1CCNC1)S(=O)(=O)c1ccc(C(=O)N2CCOCC2)cc1.Cl. The van der Waals surface area contributed by atoms with Gasteiger partial charge < -0.3 is 15.0 Å². The van der Waals surface area contributed by atoms with Crippen LogP contribution in [0.25, 0.3) is 0 Å². The predicted octanol–water partition coefficient (Wildman–Crippen LogP) is 1.34. The van der Waals surface area contributed by atoms with Crippen LogP contribution in [0.5, 0.6) is 0 Å². The smallest absolute Gasteiger partial charge is 0.254 e. The molecule has 0 bridgehead atoms. The normalized spacial score (nSPS) is 20.5. The van der Waals surface area contributed by atoms with E-state index in [1.807, 2.05) is 6.92 Å². The van der Waals surface area contributed by atoms with Crippen molar-refractivity contribution < 1.29 is 17.9 Å². The highest BCUT2D eigenvalue weighted by Crippen LogP contribution is 2.22. The van der Waals surface area contributed by atoms with Crippen LogP contribution in [0, 0.1) is 0 Å². The van der Waals surface area contributed by atoms with Crippen molar-refractivity contribution in [1.29, 1.82) is 0 Å². The molecule has 2 aliphatic rings. The van der Waals surface area contributed by atoms with E-state index >= 15 is 0 Å². The lowest BCUT2D eigenvalue weighted by atomic mass is 10.2. The number of carbonyl (C=O) groups is 1. The third kappa shape index (κ3) is 5.00. The molecule has 3 rings (SSSR count). The number of morpholine rings is 1. The van der Waals surface area contributed by atoms with Crippen LogP contribution >= 0.6 is 12.4 Å². The molecule has 1 amide bonds. The summed E-state index contributed by atoms with van der Waals surface area (Å²) in [7, 11) is -3.57. The van der Waals surface area contributed by atoms with Crippen molar-refractivity contribution in [2.24, 2.45) is 0 Å². The van der Waals surface area contributed by atoms with Gasteiger partial charge >= 0.3 is 0 Å². The summed E-state index contributed by atoms with van der Waals surface area (Å²) in [5.74, 6) is -0.0809. The number of nitrogens with zero attached hydrogens (tertiary/aromatic N) is 2. The maximum Gasteiger partial charge on any atom is 0.254 e. The second-order valence-corrected chi connectivity index (χ2v) is 8.58. The summed E-state index contributed by atoms with van der Waals surface area (Å²) in [6, 6.07) is 6.32. The molecular weight excluding hydrogens is 390 g/mol. The number of halogens is 1. The molecule has 2 saturated heterocycles. The summed E-state index contributed by atoms with van der Waals surface area (Å²) < 4.78 is 33.0. The van der Waals surface area contributed by atoms with Crippen LogP contribution in [0.4, 0.5) is 0 Å². The Kier molecular flexibility index (Phi) is 8.05. The number of carbonyl (C=O) groups excluding carboxylic acids is 1. The van der Waals surface area contributed by atoms with Gasteiger partial charge in [-0.1, -0.05) is 6.92 Å². The van der Waals surface area contributed by atoms with Gasteiger partial charge in [-0.05, 0) is 43.7 Å². The molecule has 27 heavy (non-hydrogen) atoms. The molecule has 9 heteroatoms. The Balaban J connectivity index is 0.00000261. The predicted molar refractivity (Wildman–Crippen MR) is 106 cm³/mol. The molecule has 0 saturated carbocycles. The third-order valence-corrected chi connectivity index (χ3v) is 6.86. The van der Waals surface area contributed by atoms with Gasteiger partial charge in [-0.2, -0.15) is 4.31 Å². The average molecular weight is 418 g/mol. The van der Waals surface area contributed by atoms with E-state index in [4.69, 9.17) is 4.74 Å². The molecule has 7 nitrogen and oxygen atoms in total. The van der Waals surface area contributed by atoms with Crippen LogP contribution < -0.4 is 5.32 Å². The number of hydrogen-bond acceptors (Lipinski definition) is 5. The van der Waals surface area contributed by atoms with E-state index in [1.54, 1.807) is 33.5 Å². The lowest BCUT2D eigenvalue weighted by Crippen LogP contribution is -2.42. The first-order chi connectivity index (χ1) is 12.5. The first kappa shape index (κ1) is 22.1. The van der Waals surface area contributed by atoms with Crippen molar-refractivity contribution in [3.63, 3.8) is 0 Å². The number of nitrogens with one attached hydrogen (secondary N) is 1. The summed E-state index contributed by atoms with van der Waals surface area (Å²) in [4.78, 5) is 14.5. The van der Waals surface area contributed by atoms with Crippen molar-refractivity contribution in [3.8, 4) is 0 Å². The summed E-state index contributed by atoms with van der Waals surface area (Å²) >= 11 is 0. The number of hydrogen-bond donors (Lipinski definition) is 1. The molecule has 0 spiro atoms. The highest BCUT2D eigenvalue weighted by molar-refractivity contribution is 7.89. The molecule has 1 atom stereocenters. The molecule has 152 valence electrons. The van der Waals surface area contributed by atoms with E-state index in [2.05, 4.69) is 5.32 Å². The quantitative estimate of drug-likeness (QED) is 0.755. The highest BCUT2D eigenvalue weighted by Gasteiger charge is 2.32. The summed E-state index contributed by atoms with van der Waals surface area (Å²) in [5.41, 5.74) is 0.510. The maximum absolute atomic E-state index is 13.1. The average Bonchev–Trinajstić information content (AvgIpc) is 3.20. The number of sulfonamides is 1. The molecule has 1 unspecified atom stereocenters. The lowest BCUT2D eigenvalue weighted by Gasteiger charge is -2.28. The van der Waals surface area contributed by atoms with E-state index in [0.717, 1.165) is 19.4 Å². The van der Waals surface area contributed by atoms with Gasteiger partial charge in [0.2, 0.25) is 10.0 Å². The summed E-state index contributed by atoms with van der Waals surface area (Å²) in [6.07, 6.45) is 1.59. The number of amides is 1. The zero-order valence-corrected chi connectivity index (χ0v) is 17.2. The van der Waals surface area contributed by atoms with Gasteiger partial charge in [-0.15, -0.1) is 12.4 Å². The Hall–Kier alpha value is -1.19. The van der Waals surface area contributed by atoms with Gasteiger partial charge in [0, 0.05) is 37.8 Å². The van der Waals surface area contributed by atoms with E-state index < -0.39 is 10.0 Å². The Morgan fingerprint density at radius 2 is 1.93 bits per heavy atom. The van der Waals surface area contributed by atoms with E-state index in [0.29, 0.717) is 45.0 Å². The van der Waals surface area contributed by atoms with Crippen LogP contribution in [-0.4, -0.2) is 75.5 Å². The van der Waals surface area contributed by atoms with E-state index in [9.17, 15) is 13.2 Å². The minimum Gasteiger partial charge on any atom is -0.378 e. The van der Waals surface area contributed by atoms with E-state index in [1.165, 1.54) is 0 Å². The number of rotatable bonds is 6. The van der Waals surface area contributed by atoms with Gasteiger partial charge in [0.1, 0.15) is 0 Å². The van der Waals surface area contributed by atoms with Crippen molar-refractivity contribution in [2.45, 2.75) is 30.7 Å². The Labute approximate surface area is 167 Å². The van der Waals surface area contributed by atoms with Crippen LogP contribution in [0.1, 0.15) is 30.1 Å². The molecule has 2 fully saturated rings. The van der Waals surface area contributed by atoms with E-state index in [-0.39, 0.29) is 29.3 Å². The van der Waals surface area contributed by atoms with Crippen LogP contribution in [0.15, 0.2) is 29.2 Å². The van der Waals surface area contributed by atoms with Gasteiger partial charge in [0.15, 0.2) is 0 Å². The molecule has 2 heterocycles. The zero-order chi connectivity index (χ0) is 18.6.